The van der Waals surface area contributed by atoms with Gasteiger partial charge in [0.2, 0.25) is 0 Å². The fraction of sp³-hybridized carbons (Fsp3) is 0.615. The van der Waals surface area contributed by atoms with Crippen LogP contribution in [0.2, 0.25) is 0 Å². The van der Waals surface area contributed by atoms with Crippen molar-refractivity contribution in [1.29, 1.82) is 0 Å². The lowest BCUT2D eigenvalue weighted by atomic mass is 10.2. The number of hydrogen-bond donors (Lipinski definition) is 1. The summed E-state index contributed by atoms with van der Waals surface area (Å²) in [5.41, 5.74) is 2.12. The van der Waals surface area contributed by atoms with Crippen LogP contribution >= 0.6 is 0 Å². The predicted molar refractivity (Wildman–Crippen MR) is 70.7 cm³/mol. The summed E-state index contributed by atoms with van der Waals surface area (Å²) in [4.78, 5) is 6.94. The minimum absolute atomic E-state index is 0.268. The van der Waals surface area contributed by atoms with Crippen LogP contribution in [0.5, 0.6) is 0 Å². The molecule has 0 bridgehead atoms. The summed E-state index contributed by atoms with van der Waals surface area (Å²) in [6, 6.07) is 4.16. The van der Waals surface area contributed by atoms with Crippen molar-refractivity contribution in [3.63, 3.8) is 0 Å². The third kappa shape index (κ3) is 2.69. The van der Waals surface area contributed by atoms with Crippen LogP contribution in [0.3, 0.4) is 0 Å². The van der Waals surface area contributed by atoms with E-state index >= 15 is 0 Å². The van der Waals surface area contributed by atoms with Crippen LogP contribution in [-0.4, -0.2) is 37.3 Å². The van der Waals surface area contributed by atoms with Gasteiger partial charge >= 0.3 is 0 Å². The van der Waals surface area contributed by atoms with E-state index in [1.54, 1.807) is 0 Å². The Morgan fingerprint density at radius 2 is 1.94 bits per heavy atom. The van der Waals surface area contributed by atoms with E-state index in [0.29, 0.717) is 0 Å². The van der Waals surface area contributed by atoms with E-state index in [-0.39, 0.29) is 12.2 Å². The summed E-state index contributed by atoms with van der Waals surface area (Å²) >= 11 is 0. The zero-order valence-electron chi connectivity index (χ0n) is 11.0. The molecule has 0 amide bonds. The van der Waals surface area contributed by atoms with Crippen LogP contribution < -0.4 is 10.2 Å². The van der Waals surface area contributed by atoms with Crippen LogP contribution in [0.1, 0.15) is 19.5 Å². The normalized spacial score (nSPS) is 24.8. The van der Waals surface area contributed by atoms with E-state index in [1.807, 2.05) is 14.0 Å². The molecule has 4 nitrogen and oxygen atoms in total. The van der Waals surface area contributed by atoms with Crippen LogP contribution in [-0.2, 0) is 4.74 Å². The fourth-order valence-electron chi connectivity index (χ4n) is 2.35. The third-order valence-electron chi connectivity index (χ3n) is 3.08. The quantitative estimate of drug-likeness (QED) is 0.851. The Labute approximate surface area is 103 Å². The molecule has 0 aliphatic carbocycles. The number of pyridine rings is 1. The average molecular weight is 235 g/mol. The number of rotatable bonds is 2. The van der Waals surface area contributed by atoms with Crippen LogP contribution in [0.15, 0.2) is 12.1 Å². The maximum absolute atomic E-state index is 5.73. The zero-order chi connectivity index (χ0) is 12.4. The average Bonchev–Trinajstić information content (AvgIpc) is 2.27. The molecule has 0 aromatic carbocycles. The molecule has 0 spiro atoms. The zero-order valence-corrected chi connectivity index (χ0v) is 11.0. The predicted octanol–water partition coefficient (Wildman–Crippen LogP) is 2.05. The smallest absolute Gasteiger partial charge is 0.129 e. The van der Waals surface area contributed by atoms with E-state index in [1.165, 1.54) is 0 Å². The van der Waals surface area contributed by atoms with Gasteiger partial charge in [0, 0.05) is 20.1 Å². The van der Waals surface area contributed by atoms with Crippen LogP contribution in [0, 0.1) is 6.92 Å². The van der Waals surface area contributed by atoms with Crippen molar-refractivity contribution in [1.82, 2.24) is 4.98 Å². The Balaban J connectivity index is 2.19. The van der Waals surface area contributed by atoms with Crippen molar-refractivity contribution >= 4 is 11.5 Å². The number of nitrogens with zero attached hydrogens (tertiary/aromatic N) is 2. The number of ether oxygens (including phenoxy) is 1. The van der Waals surface area contributed by atoms with Crippen molar-refractivity contribution in [2.45, 2.75) is 33.0 Å². The maximum Gasteiger partial charge on any atom is 0.129 e. The largest absolute Gasteiger partial charge is 0.387 e. The lowest BCUT2D eigenvalue weighted by molar-refractivity contribution is -0.00546. The molecule has 2 atom stereocenters. The summed E-state index contributed by atoms with van der Waals surface area (Å²) < 4.78 is 5.73. The van der Waals surface area contributed by atoms with E-state index in [0.717, 1.165) is 30.3 Å². The van der Waals surface area contributed by atoms with Gasteiger partial charge in [-0.05, 0) is 32.9 Å². The highest BCUT2D eigenvalue weighted by Gasteiger charge is 2.23. The van der Waals surface area contributed by atoms with Crippen LogP contribution in [0.25, 0.3) is 0 Å². The Bertz CT molecular complexity index is 384. The molecule has 1 aromatic heterocycles. The first kappa shape index (κ1) is 12.2. The summed E-state index contributed by atoms with van der Waals surface area (Å²) in [7, 11) is 1.92. The molecule has 1 N–H and O–H groups in total. The van der Waals surface area contributed by atoms with Gasteiger partial charge in [-0.3, -0.25) is 0 Å². The lowest BCUT2D eigenvalue weighted by Crippen LogP contribution is -2.45. The molecule has 2 unspecified atom stereocenters. The van der Waals surface area contributed by atoms with E-state index in [9.17, 15) is 0 Å². The molecule has 1 aromatic rings. The molecular weight excluding hydrogens is 214 g/mol. The minimum atomic E-state index is 0.268. The number of aromatic nitrogens is 1. The van der Waals surface area contributed by atoms with Crippen LogP contribution in [0.4, 0.5) is 11.5 Å². The second-order valence-electron chi connectivity index (χ2n) is 4.71. The van der Waals surface area contributed by atoms with Crippen molar-refractivity contribution in [3.05, 3.63) is 17.8 Å². The first-order valence-corrected chi connectivity index (χ1v) is 6.16. The summed E-state index contributed by atoms with van der Waals surface area (Å²) in [6.45, 7) is 8.07. The van der Waals surface area contributed by atoms with Gasteiger partial charge in [0.25, 0.3) is 0 Å². The summed E-state index contributed by atoms with van der Waals surface area (Å²) in [5.74, 6) is 1.04. The molecule has 17 heavy (non-hydrogen) atoms. The van der Waals surface area contributed by atoms with E-state index < -0.39 is 0 Å². The third-order valence-corrected chi connectivity index (χ3v) is 3.08. The molecule has 0 radical (unpaired) electrons. The van der Waals surface area contributed by atoms with E-state index in [4.69, 9.17) is 4.74 Å². The SMILES string of the molecule is CNc1ccc(N2CC(C)OC(C)C2)nc1C. The van der Waals surface area contributed by atoms with Gasteiger partial charge in [-0.15, -0.1) is 0 Å². The monoisotopic (exact) mass is 235 g/mol. The highest BCUT2D eigenvalue weighted by molar-refractivity contribution is 5.53. The fourth-order valence-corrected chi connectivity index (χ4v) is 2.35. The molecule has 1 aliphatic heterocycles. The molecule has 1 saturated heterocycles. The lowest BCUT2D eigenvalue weighted by Gasteiger charge is -2.36. The van der Waals surface area contributed by atoms with Crippen molar-refractivity contribution in [2.75, 3.05) is 30.4 Å². The first-order valence-electron chi connectivity index (χ1n) is 6.16. The Hall–Kier alpha value is -1.29. The summed E-state index contributed by atoms with van der Waals surface area (Å²) in [5, 5.41) is 3.14. The number of nitrogens with one attached hydrogen (secondary N) is 1. The molecule has 1 aliphatic rings. The van der Waals surface area contributed by atoms with Gasteiger partial charge < -0.3 is 15.0 Å². The Morgan fingerprint density at radius 3 is 2.47 bits per heavy atom. The number of morpholine rings is 1. The van der Waals surface area contributed by atoms with Gasteiger partial charge in [0.05, 0.1) is 23.6 Å². The van der Waals surface area contributed by atoms with Gasteiger partial charge in [0.1, 0.15) is 5.82 Å². The number of hydrogen-bond acceptors (Lipinski definition) is 4. The Morgan fingerprint density at radius 1 is 1.29 bits per heavy atom. The van der Waals surface area contributed by atoms with Crippen molar-refractivity contribution in [2.24, 2.45) is 0 Å². The molecular formula is C13H21N3O. The molecule has 1 fully saturated rings. The second-order valence-corrected chi connectivity index (χ2v) is 4.71. The number of aryl methyl sites for hydroxylation is 1. The minimum Gasteiger partial charge on any atom is -0.387 e. The summed E-state index contributed by atoms with van der Waals surface area (Å²) in [6.07, 6.45) is 0.537. The standard InChI is InChI=1S/C13H21N3O/c1-9-7-16(8-10(2)17-9)13-6-5-12(14-4)11(3)15-13/h5-6,9-10,14H,7-8H2,1-4H3. The van der Waals surface area contributed by atoms with Gasteiger partial charge in [-0.25, -0.2) is 4.98 Å². The molecule has 2 heterocycles. The van der Waals surface area contributed by atoms with Gasteiger partial charge in [-0.2, -0.15) is 0 Å². The molecule has 4 heteroatoms. The molecule has 94 valence electrons. The van der Waals surface area contributed by atoms with Crippen molar-refractivity contribution in [3.8, 4) is 0 Å². The highest BCUT2D eigenvalue weighted by Crippen LogP contribution is 2.21. The molecule has 0 saturated carbocycles. The molecule has 2 rings (SSSR count). The maximum atomic E-state index is 5.73. The highest BCUT2D eigenvalue weighted by atomic mass is 16.5. The number of anilines is 2. The second kappa shape index (κ2) is 4.92. The first-order chi connectivity index (χ1) is 8.10. The topological polar surface area (TPSA) is 37.4 Å². The van der Waals surface area contributed by atoms with Gasteiger partial charge in [0.15, 0.2) is 0 Å². The van der Waals surface area contributed by atoms with E-state index in [2.05, 4.69) is 41.2 Å². The van der Waals surface area contributed by atoms with Crippen molar-refractivity contribution < 1.29 is 4.74 Å². The Kier molecular flexibility index (Phi) is 3.52. The van der Waals surface area contributed by atoms with Gasteiger partial charge in [-0.1, -0.05) is 0 Å².